The summed E-state index contributed by atoms with van der Waals surface area (Å²) in [4.78, 5) is 14.7. The molecule has 2 aliphatic rings. The van der Waals surface area contributed by atoms with Crippen molar-refractivity contribution in [3.63, 3.8) is 0 Å². The lowest BCUT2D eigenvalue weighted by atomic mass is 10.2. The van der Waals surface area contributed by atoms with Gasteiger partial charge in [-0.3, -0.25) is 4.79 Å². The lowest BCUT2D eigenvalue weighted by molar-refractivity contribution is 0.0176. The summed E-state index contributed by atoms with van der Waals surface area (Å²) in [6.45, 7) is 5.06. The summed E-state index contributed by atoms with van der Waals surface area (Å²) in [6.07, 6.45) is 1.62. The molecule has 0 radical (unpaired) electrons. The summed E-state index contributed by atoms with van der Waals surface area (Å²) in [5.41, 5.74) is 1.73. The Labute approximate surface area is 146 Å². The number of rotatable bonds is 4. The Bertz CT molecular complexity index is 726. The van der Waals surface area contributed by atoms with Crippen molar-refractivity contribution in [1.82, 2.24) is 10.2 Å². The minimum Gasteiger partial charge on any atom is -0.486 e. The van der Waals surface area contributed by atoms with Crippen molar-refractivity contribution in [2.75, 3.05) is 26.2 Å². The van der Waals surface area contributed by atoms with Crippen LogP contribution in [0.3, 0.4) is 0 Å². The molecule has 0 spiro atoms. The van der Waals surface area contributed by atoms with Crippen LogP contribution in [0.2, 0.25) is 0 Å². The van der Waals surface area contributed by atoms with Gasteiger partial charge in [0.25, 0.3) is 5.91 Å². The summed E-state index contributed by atoms with van der Waals surface area (Å²) >= 11 is 0. The van der Waals surface area contributed by atoms with Gasteiger partial charge in [-0.25, -0.2) is 0 Å². The van der Waals surface area contributed by atoms with Crippen LogP contribution >= 0.6 is 0 Å². The first-order valence-corrected chi connectivity index (χ1v) is 8.61. The van der Waals surface area contributed by atoms with Gasteiger partial charge in [0.15, 0.2) is 5.76 Å². The van der Waals surface area contributed by atoms with Crippen LogP contribution in [0.25, 0.3) is 0 Å². The number of hydrogen-bond donors (Lipinski definition) is 1. The molecule has 6 heteroatoms. The topological polar surface area (TPSA) is 63.9 Å². The molecule has 1 aromatic carbocycles. The van der Waals surface area contributed by atoms with Crippen LogP contribution in [-0.4, -0.2) is 49.2 Å². The van der Waals surface area contributed by atoms with Crippen molar-refractivity contribution >= 4 is 5.91 Å². The molecule has 25 heavy (non-hydrogen) atoms. The third-order valence-corrected chi connectivity index (χ3v) is 4.76. The monoisotopic (exact) mass is 342 g/mol. The number of carbonyl (C=O) groups is 1. The summed E-state index contributed by atoms with van der Waals surface area (Å²) in [5.74, 6) is 1.27. The number of benzene rings is 1. The van der Waals surface area contributed by atoms with Crippen LogP contribution < -0.4 is 10.1 Å². The van der Waals surface area contributed by atoms with Gasteiger partial charge < -0.3 is 24.1 Å². The Hall–Kier alpha value is -2.31. The first-order chi connectivity index (χ1) is 12.2. The van der Waals surface area contributed by atoms with Gasteiger partial charge in [-0.15, -0.1) is 0 Å². The second-order valence-corrected chi connectivity index (χ2v) is 6.54. The fraction of sp³-hybridized carbons (Fsp3) is 0.421. The zero-order valence-corrected chi connectivity index (χ0v) is 14.2. The number of ether oxygens (including phenoxy) is 2. The van der Waals surface area contributed by atoms with Crippen molar-refractivity contribution in [3.05, 3.63) is 53.5 Å². The van der Waals surface area contributed by atoms with E-state index in [0.29, 0.717) is 31.0 Å². The van der Waals surface area contributed by atoms with Gasteiger partial charge in [-0.05, 0) is 25.1 Å². The number of morpholine rings is 1. The van der Waals surface area contributed by atoms with Crippen LogP contribution in [0.5, 0.6) is 5.75 Å². The first kappa shape index (κ1) is 16.2. The fourth-order valence-corrected chi connectivity index (χ4v) is 3.36. The number of nitrogens with zero attached hydrogens (tertiary/aromatic N) is 1. The van der Waals surface area contributed by atoms with Crippen LogP contribution in [0.15, 0.2) is 41.0 Å². The zero-order chi connectivity index (χ0) is 17.2. The highest BCUT2D eigenvalue weighted by atomic mass is 16.5. The number of hydrogen-bond acceptors (Lipinski definition) is 5. The molecule has 1 amide bonds. The lowest BCUT2D eigenvalue weighted by Gasteiger charge is -2.25. The van der Waals surface area contributed by atoms with Gasteiger partial charge in [0.05, 0.1) is 30.6 Å². The van der Waals surface area contributed by atoms with Crippen LogP contribution in [0.1, 0.15) is 21.7 Å². The van der Waals surface area contributed by atoms with E-state index in [1.54, 1.807) is 12.3 Å². The quantitative estimate of drug-likeness (QED) is 0.920. The van der Waals surface area contributed by atoms with E-state index >= 15 is 0 Å². The number of likely N-dealkylation sites (tertiary alicyclic amines) is 1. The third-order valence-electron chi connectivity index (χ3n) is 4.76. The van der Waals surface area contributed by atoms with Crippen molar-refractivity contribution in [1.29, 1.82) is 0 Å². The maximum atomic E-state index is 12.9. The molecule has 2 aliphatic heterocycles. The molecule has 2 atom stereocenters. The van der Waals surface area contributed by atoms with Gasteiger partial charge in [-0.2, -0.15) is 0 Å². The average molecular weight is 342 g/mol. The van der Waals surface area contributed by atoms with Gasteiger partial charge in [0.2, 0.25) is 0 Å². The lowest BCUT2D eigenvalue weighted by Crippen LogP contribution is -2.47. The van der Waals surface area contributed by atoms with E-state index in [4.69, 9.17) is 13.9 Å². The van der Waals surface area contributed by atoms with E-state index in [2.05, 4.69) is 5.32 Å². The largest absolute Gasteiger partial charge is 0.486 e. The Morgan fingerprint density at radius 3 is 2.92 bits per heavy atom. The Morgan fingerprint density at radius 2 is 2.12 bits per heavy atom. The number of nitrogens with one attached hydrogen (secondary N) is 1. The maximum absolute atomic E-state index is 12.9. The van der Waals surface area contributed by atoms with Gasteiger partial charge in [-0.1, -0.05) is 17.7 Å². The molecule has 4 rings (SSSR count). The van der Waals surface area contributed by atoms with Crippen molar-refractivity contribution < 1.29 is 18.7 Å². The van der Waals surface area contributed by atoms with E-state index < -0.39 is 0 Å². The number of aryl methyl sites for hydroxylation is 1. The molecule has 3 heterocycles. The minimum absolute atomic E-state index is 0.0314. The van der Waals surface area contributed by atoms with Crippen molar-refractivity contribution in [2.24, 2.45) is 0 Å². The predicted octanol–water partition coefficient (Wildman–Crippen LogP) is 1.98. The van der Waals surface area contributed by atoms with Gasteiger partial charge >= 0.3 is 0 Å². The Morgan fingerprint density at radius 1 is 1.28 bits per heavy atom. The number of furan rings is 1. The maximum Gasteiger partial charge on any atom is 0.257 e. The van der Waals surface area contributed by atoms with Crippen molar-refractivity contribution in [3.8, 4) is 5.75 Å². The molecular weight excluding hydrogens is 320 g/mol. The van der Waals surface area contributed by atoms with E-state index in [1.165, 1.54) is 5.56 Å². The summed E-state index contributed by atoms with van der Waals surface area (Å²) < 4.78 is 17.0. The van der Waals surface area contributed by atoms with Gasteiger partial charge in [0, 0.05) is 19.6 Å². The molecule has 0 bridgehead atoms. The highest BCUT2D eigenvalue weighted by Gasteiger charge is 2.38. The highest BCUT2D eigenvalue weighted by Crippen LogP contribution is 2.22. The second kappa shape index (κ2) is 6.90. The molecule has 132 valence electrons. The van der Waals surface area contributed by atoms with Gasteiger partial charge in [0.1, 0.15) is 12.4 Å². The zero-order valence-electron chi connectivity index (χ0n) is 14.2. The number of amides is 1. The molecule has 1 N–H and O–H groups in total. The summed E-state index contributed by atoms with van der Waals surface area (Å²) in [5, 5.41) is 3.41. The van der Waals surface area contributed by atoms with E-state index in [1.807, 2.05) is 36.1 Å². The van der Waals surface area contributed by atoms with Crippen LogP contribution in [0.4, 0.5) is 0 Å². The fourth-order valence-electron chi connectivity index (χ4n) is 3.36. The Balaban J connectivity index is 1.42. The van der Waals surface area contributed by atoms with Crippen LogP contribution in [-0.2, 0) is 11.3 Å². The molecule has 2 saturated heterocycles. The normalized spacial score (nSPS) is 22.7. The highest BCUT2D eigenvalue weighted by molar-refractivity contribution is 5.95. The van der Waals surface area contributed by atoms with E-state index in [-0.39, 0.29) is 24.7 Å². The standard InChI is InChI=1S/C19H22N2O4/c1-13-2-4-14(5-3-13)25-12-18-15(6-8-23-18)19(22)21-10-16-17(11-21)24-9-7-20-16/h2-6,8,16-17,20H,7,9-12H2,1H3. The SMILES string of the molecule is Cc1ccc(OCc2occc2C(=O)N2CC3NCCOC3C2)cc1. The summed E-state index contributed by atoms with van der Waals surface area (Å²) in [7, 11) is 0. The van der Waals surface area contributed by atoms with Crippen molar-refractivity contribution in [2.45, 2.75) is 25.7 Å². The predicted molar refractivity (Wildman–Crippen MR) is 91.7 cm³/mol. The van der Waals surface area contributed by atoms with E-state index in [9.17, 15) is 4.79 Å². The number of fused-ring (bicyclic) bond motifs is 1. The first-order valence-electron chi connectivity index (χ1n) is 8.61. The third kappa shape index (κ3) is 3.41. The molecule has 1 aromatic heterocycles. The minimum atomic E-state index is -0.0314. The Kier molecular flexibility index (Phi) is 4.46. The molecular formula is C19H22N2O4. The molecule has 2 fully saturated rings. The average Bonchev–Trinajstić information content (AvgIpc) is 3.27. The molecule has 6 nitrogen and oxygen atoms in total. The molecule has 2 unspecified atom stereocenters. The molecule has 2 aromatic rings. The summed E-state index contributed by atoms with van der Waals surface area (Å²) in [6, 6.07) is 9.73. The van der Waals surface area contributed by atoms with E-state index in [0.717, 1.165) is 12.3 Å². The molecule has 0 saturated carbocycles. The number of carbonyl (C=O) groups excluding carboxylic acids is 1. The van der Waals surface area contributed by atoms with Crippen LogP contribution in [0, 0.1) is 6.92 Å². The smallest absolute Gasteiger partial charge is 0.257 e. The molecule has 0 aliphatic carbocycles. The second-order valence-electron chi connectivity index (χ2n) is 6.54.